The Morgan fingerprint density at radius 1 is 1.09 bits per heavy atom. The first kappa shape index (κ1) is 20.7. The van der Waals surface area contributed by atoms with Crippen molar-refractivity contribution in [3.63, 3.8) is 0 Å². The summed E-state index contributed by atoms with van der Waals surface area (Å²) in [6, 6.07) is 14.0. The normalized spacial score (nSPS) is 10.9. The molecule has 162 valence electrons. The van der Waals surface area contributed by atoms with Crippen LogP contribution in [-0.4, -0.2) is 35.3 Å². The molecule has 12 heteroatoms. The first-order valence-electron chi connectivity index (χ1n) is 9.48. The Bertz CT molecular complexity index is 1350. The van der Waals surface area contributed by atoms with Crippen molar-refractivity contribution in [2.24, 2.45) is 0 Å². The number of hydrogen-bond donors (Lipinski definition) is 1. The Morgan fingerprint density at radius 3 is 2.56 bits per heavy atom. The Kier molecular flexibility index (Phi) is 5.33. The molecule has 32 heavy (non-hydrogen) atoms. The predicted molar refractivity (Wildman–Crippen MR) is 114 cm³/mol. The summed E-state index contributed by atoms with van der Waals surface area (Å²) in [5.41, 5.74) is 0.675. The van der Waals surface area contributed by atoms with Gasteiger partial charge in [-0.1, -0.05) is 42.5 Å². The molecule has 12 nitrogen and oxygen atoms in total. The molecule has 4 rings (SSSR count). The van der Waals surface area contributed by atoms with Crippen LogP contribution in [0.3, 0.4) is 0 Å². The molecule has 0 unspecified atom stereocenters. The Balaban J connectivity index is 1.47. The van der Waals surface area contributed by atoms with Gasteiger partial charge in [-0.15, -0.1) is 0 Å². The van der Waals surface area contributed by atoms with Gasteiger partial charge in [-0.25, -0.2) is 0 Å². The van der Waals surface area contributed by atoms with Gasteiger partial charge in [0.25, 0.3) is 0 Å². The molecule has 0 saturated carbocycles. The lowest BCUT2D eigenvalue weighted by atomic mass is 10.0. The summed E-state index contributed by atoms with van der Waals surface area (Å²) in [5, 5.41) is 34.8. The van der Waals surface area contributed by atoms with Gasteiger partial charge in [-0.3, -0.25) is 19.6 Å². The number of nitrogens with one attached hydrogen (secondary N) is 1. The van der Waals surface area contributed by atoms with Crippen LogP contribution in [0.4, 0.5) is 17.2 Å². The molecule has 1 amide bonds. The number of amides is 1. The van der Waals surface area contributed by atoms with Gasteiger partial charge in [-0.2, -0.15) is 9.78 Å². The third kappa shape index (κ3) is 4.01. The average molecular weight is 435 g/mol. The van der Waals surface area contributed by atoms with E-state index in [-0.39, 0.29) is 5.69 Å². The average Bonchev–Trinajstić information content (AvgIpc) is 3.32. The topological polar surface area (TPSA) is 151 Å². The van der Waals surface area contributed by atoms with Crippen LogP contribution in [0.5, 0.6) is 0 Å². The number of nitrogens with zero attached hydrogens (tertiary/aromatic N) is 6. The smallest absolute Gasteiger partial charge is 0.358 e. The van der Waals surface area contributed by atoms with Crippen molar-refractivity contribution in [1.82, 2.24) is 19.6 Å². The maximum atomic E-state index is 12.4. The third-order valence-corrected chi connectivity index (χ3v) is 4.94. The van der Waals surface area contributed by atoms with Gasteiger partial charge in [0, 0.05) is 6.20 Å². The summed E-state index contributed by atoms with van der Waals surface area (Å²) in [7, 11) is 0. The highest BCUT2D eigenvalue weighted by atomic mass is 16.6. The number of nitro groups is 2. The highest BCUT2D eigenvalue weighted by molar-refractivity contribution is 5.90. The fourth-order valence-electron chi connectivity index (χ4n) is 3.47. The van der Waals surface area contributed by atoms with E-state index in [2.05, 4.69) is 15.5 Å². The lowest BCUT2D eigenvalue weighted by Crippen LogP contribution is -2.20. The van der Waals surface area contributed by atoms with Gasteiger partial charge < -0.3 is 15.4 Å². The van der Waals surface area contributed by atoms with Crippen molar-refractivity contribution >= 4 is 33.9 Å². The van der Waals surface area contributed by atoms with Crippen LogP contribution >= 0.6 is 0 Å². The molecule has 2 heterocycles. The molecule has 0 fully saturated rings. The van der Waals surface area contributed by atoms with Crippen LogP contribution in [0, 0.1) is 27.2 Å². The van der Waals surface area contributed by atoms with Crippen LogP contribution < -0.4 is 5.32 Å². The number of aromatic nitrogens is 4. The molecular weight excluding hydrogens is 418 g/mol. The lowest BCUT2D eigenvalue weighted by Gasteiger charge is -2.06. The summed E-state index contributed by atoms with van der Waals surface area (Å²) in [6.45, 7) is 1.37. The van der Waals surface area contributed by atoms with E-state index in [4.69, 9.17) is 0 Å². The van der Waals surface area contributed by atoms with Crippen molar-refractivity contribution in [2.75, 3.05) is 5.32 Å². The number of benzene rings is 2. The van der Waals surface area contributed by atoms with Crippen LogP contribution in [0.25, 0.3) is 10.8 Å². The molecule has 0 spiro atoms. The van der Waals surface area contributed by atoms with E-state index in [1.165, 1.54) is 13.1 Å². The molecule has 4 aromatic rings. The molecule has 0 aliphatic carbocycles. The van der Waals surface area contributed by atoms with Crippen LogP contribution in [0.1, 0.15) is 11.3 Å². The van der Waals surface area contributed by atoms with Crippen molar-refractivity contribution < 1.29 is 14.6 Å². The molecule has 0 atom stereocenters. The van der Waals surface area contributed by atoms with E-state index < -0.39 is 33.8 Å². The summed E-state index contributed by atoms with van der Waals surface area (Å²) in [5.74, 6) is -1.45. The van der Waals surface area contributed by atoms with Crippen molar-refractivity contribution in [3.8, 4) is 0 Å². The monoisotopic (exact) mass is 435 g/mol. The van der Waals surface area contributed by atoms with Gasteiger partial charge in [0.2, 0.25) is 5.91 Å². The molecule has 0 radical (unpaired) electrons. The summed E-state index contributed by atoms with van der Waals surface area (Å²) < 4.78 is 2.61. The van der Waals surface area contributed by atoms with Gasteiger partial charge in [0.15, 0.2) is 0 Å². The van der Waals surface area contributed by atoms with Gasteiger partial charge in [-0.05, 0) is 28.2 Å². The summed E-state index contributed by atoms with van der Waals surface area (Å²) in [4.78, 5) is 32.7. The highest BCUT2D eigenvalue weighted by Gasteiger charge is 2.35. The van der Waals surface area contributed by atoms with E-state index in [0.717, 1.165) is 21.0 Å². The number of fused-ring (bicyclic) bond motifs is 1. The standard InChI is InChI=1S/C20H17N7O5/c1-13-19(26(29)30)20(27(31)32)23-25(13)12-18(28)22-16-9-21-24(11-16)10-15-7-4-6-14-5-2-3-8-17(14)15/h2-9,11H,10,12H2,1H3,(H,22,28). The van der Waals surface area contributed by atoms with Crippen LogP contribution in [0.2, 0.25) is 0 Å². The molecule has 2 aromatic carbocycles. The fourth-order valence-corrected chi connectivity index (χ4v) is 3.47. The molecular formula is C20H17N7O5. The zero-order chi connectivity index (χ0) is 22.8. The van der Waals surface area contributed by atoms with E-state index in [9.17, 15) is 25.0 Å². The zero-order valence-corrected chi connectivity index (χ0v) is 16.8. The second-order valence-corrected chi connectivity index (χ2v) is 7.04. The van der Waals surface area contributed by atoms with Gasteiger partial charge >= 0.3 is 11.5 Å². The number of rotatable bonds is 7. The maximum absolute atomic E-state index is 12.4. The van der Waals surface area contributed by atoms with Crippen LogP contribution in [0.15, 0.2) is 54.9 Å². The first-order valence-corrected chi connectivity index (χ1v) is 9.48. The molecule has 2 aromatic heterocycles. The molecule has 0 aliphatic rings. The zero-order valence-electron chi connectivity index (χ0n) is 16.8. The third-order valence-electron chi connectivity index (χ3n) is 4.94. The second kappa shape index (κ2) is 8.26. The number of carbonyl (C=O) groups is 1. The minimum absolute atomic E-state index is 0.0801. The van der Waals surface area contributed by atoms with Crippen molar-refractivity contribution in [3.05, 3.63) is 86.3 Å². The fraction of sp³-hybridized carbons (Fsp3) is 0.150. The summed E-state index contributed by atoms with van der Waals surface area (Å²) in [6.07, 6.45) is 3.13. The van der Waals surface area contributed by atoms with E-state index >= 15 is 0 Å². The molecule has 1 N–H and O–H groups in total. The largest absolute Gasteiger partial charge is 0.468 e. The number of hydrogen-bond acceptors (Lipinski definition) is 7. The van der Waals surface area contributed by atoms with Gasteiger partial charge in [0.05, 0.1) is 28.5 Å². The first-order chi connectivity index (χ1) is 15.3. The van der Waals surface area contributed by atoms with Crippen molar-refractivity contribution in [2.45, 2.75) is 20.0 Å². The highest BCUT2D eigenvalue weighted by Crippen LogP contribution is 2.29. The quantitative estimate of drug-likeness (QED) is 0.346. The molecule has 0 aliphatic heterocycles. The predicted octanol–water partition coefficient (Wildman–Crippen LogP) is 3.04. The van der Waals surface area contributed by atoms with Gasteiger partial charge in [0.1, 0.15) is 12.2 Å². The van der Waals surface area contributed by atoms with E-state index in [1.807, 2.05) is 42.5 Å². The molecule has 0 saturated heterocycles. The number of anilines is 1. The van der Waals surface area contributed by atoms with Crippen molar-refractivity contribution in [1.29, 1.82) is 0 Å². The minimum atomic E-state index is -0.948. The SMILES string of the molecule is Cc1c([N+](=O)[O-])c([N+](=O)[O-])nn1CC(=O)Nc1cnn(Cc2cccc3ccccc23)c1. The summed E-state index contributed by atoms with van der Waals surface area (Å²) >= 11 is 0. The minimum Gasteiger partial charge on any atom is -0.358 e. The second-order valence-electron chi connectivity index (χ2n) is 7.04. The lowest BCUT2D eigenvalue weighted by molar-refractivity contribution is -0.424. The van der Waals surface area contributed by atoms with Crippen LogP contribution in [-0.2, 0) is 17.9 Å². The van der Waals surface area contributed by atoms with E-state index in [1.54, 1.807) is 10.9 Å². The number of carbonyl (C=O) groups excluding carboxylic acids is 1. The maximum Gasteiger partial charge on any atom is 0.468 e. The Hall–Kier alpha value is -4.61. The van der Waals surface area contributed by atoms with E-state index in [0.29, 0.717) is 12.2 Å². The Morgan fingerprint density at radius 2 is 1.84 bits per heavy atom. The molecule has 0 bridgehead atoms. The Labute approximate surface area is 180 Å².